The highest BCUT2D eigenvalue weighted by Crippen LogP contribution is 2.26. The first-order chi connectivity index (χ1) is 13.3. The fourth-order valence-corrected chi connectivity index (χ4v) is 3.51. The van der Waals surface area contributed by atoms with Crippen molar-refractivity contribution in [3.05, 3.63) is 29.5 Å². The van der Waals surface area contributed by atoms with Crippen LogP contribution in [-0.4, -0.2) is 80.1 Å². The van der Waals surface area contributed by atoms with E-state index in [-0.39, 0.29) is 6.10 Å². The summed E-state index contributed by atoms with van der Waals surface area (Å²) in [7, 11) is 0. The summed E-state index contributed by atoms with van der Waals surface area (Å²) in [5.41, 5.74) is 1.03. The zero-order chi connectivity index (χ0) is 20.1. The van der Waals surface area contributed by atoms with Gasteiger partial charge in [0.05, 0.1) is 24.4 Å². The van der Waals surface area contributed by atoms with Crippen molar-refractivity contribution < 1.29 is 27.8 Å². The van der Waals surface area contributed by atoms with E-state index in [4.69, 9.17) is 14.6 Å². The second-order valence-corrected chi connectivity index (χ2v) is 6.72. The summed E-state index contributed by atoms with van der Waals surface area (Å²) in [5.74, 6) is -1.96. The molecule has 152 valence electrons. The van der Waals surface area contributed by atoms with Gasteiger partial charge in [-0.25, -0.2) is 14.8 Å². The van der Waals surface area contributed by atoms with Crippen LogP contribution in [0.5, 0.6) is 0 Å². The SMILES string of the molecule is O=C(O)C(F)(F)F.c1cnc(N2CCO[C@H]3CN(Cc4csnn4)C[C@H]32)nc1. The molecular formula is C15H17F3N6O3S. The Morgan fingerprint density at radius 1 is 1.32 bits per heavy atom. The van der Waals surface area contributed by atoms with Gasteiger partial charge in [-0.05, 0) is 17.6 Å². The third kappa shape index (κ3) is 5.11. The molecule has 4 heterocycles. The fourth-order valence-electron chi connectivity index (χ4n) is 3.06. The van der Waals surface area contributed by atoms with E-state index in [1.807, 2.05) is 11.4 Å². The second kappa shape index (κ2) is 8.75. The summed E-state index contributed by atoms with van der Waals surface area (Å²) in [5, 5.41) is 13.2. The zero-order valence-corrected chi connectivity index (χ0v) is 15.3. The Labute approximate surface area is 161 Å². The summed E-state index contributed by atoms with van der Waals surface area (Å²) in [6.45, 7) is 4.27. The number of carbonyl (C=O) groups is 1. The van der Waals surface area contributed by atoms with Gasteiger partial charge in [-0.15, -0.1) is 5.10 Å². The Bertz CT molecular complexity index is 764. The molecule has 0 bridgehead atoms. The van der Waals surface area contributed by atoms with Crippen LogP contribution in [0.2, 0.25) is 0 Å². The molecule has 2 aromatic rings. The summed E-state index contributed by atoms with van der Waals surface area (Å²) >= 11 is 1.40. The average molecular weight is 418 g/mol. The lowest BCUT2D eigenvalue weighted by atomic mass is 10.1. The first-order valence-electron chi connectivity index (χ1n) is 8.28. The minimum absolute atomic E-state index is 0.217. The third-order valence-corrected chi connectivity index (χ3v) is 4.77. The standard InChI is InChI=1S/C13H16N6OS.C2HF3O2/c1-2-14-13(15-3-1)19-4-5-20-12-8-18(7-11(12)19)6-10-9-21-17-16-10;3-2(4,5)1(6)7/h1-3,9,11-12H,4-8H2;(H,6,7)/t11-,12+;/m1./s1. The van der Waals surface area contributed by atoms with Gasteiger partial charge in [0.15, 0.2) is 0 Å². The number of ether oxygens (including phenoxy) is 1. The molecule has 0 saturated carbocycles. The van der Waals surface area contributed by atoms with Crippen LogP contribution in [-0.2, 0) is 16.1 Å². The van der Waals surface area contributed by atoms with Gasteiger partial charge >= 0.3 is 12.1 Å². The zero-order valence-electron chi connectivity index (χ0n) is 14.5. The van der Waals surface area contributed by atoms with Crippen molar-refractivity contribution in [2.75, 3.05) is 31.1 Å². The van der Waals surface area contributed by atoms with Gasteiger partial charge in [0.1, 0.15) is 0 Å². The van der Waals surface area contributed by atoms with Crippen molar-refractivity contribution in [3.8, 4) is 0 Å². The number of hydrogen-bond acceptors (Lipinski definition) is 9. The maximum Gasteiger partial charge on any atom is 0.490 e. The van der Waals surface area contributed by atoms with Gasteiger partial charge in [-0.2, -0.15) is 13.2 Å². The van der Waals surface area contributed by atoms with Gasteiger partial charge in [0, 0.05) is 44.0 Å². The topological polar surface area (TPSA) is 105 Å². The number of aliphatic carboxylic acids is 1. The molecule has 0 aromatic carbocycles. The minimum Gasteiger partial charge on any atom is -0.475 e. The number of halogens is 3. The first kappa shape index (κ1) is 20.4. The molecule has 0 spiro atoms. The highest BCUT2D eigenvalue weighted by Gasteiger charge is 2.41. The van der Waals surface area contributed by atoms with Crippen molar-refractivity contribution in [3.63, 3.8) is 0 Å². The minimum atomic E-state index is -5.08. The molecule has 2 fully saturated rings. The molecule has 2 saturated heterocycles. The molecule has 0 amide bonds. The van der Waals surface area contributed by atoms with Crippen LogP contribution in [0.15, 0.2) is 23.8 Å². The highest BCUT2D eigenvalue weighted by molar-refractivity contribution is 7.03. The van der Waals surface area contributed by atoms with Gasteiger partial charge in [0.25, 0.3) is 0 Å². The average Bonchev–Trinajstić information content (AvgIpc) is 3.31. The third-order valence-electron chi connectivity index (χ3n) is 4.22. The molecule has 2 aliphatic rings. The Kier molecular flexibility index (Phi) is 6.36. The summed E-state index contributed by atoms with van der Waals surface area (Å²) in [6, 6.07) is 2.16. The largest absolute Gasteiger partial charge is 0.490 e. The van der Waals surface area contributed by atoms with E-state index in [9.17, 15) is 13.2 Å². The lowest BCUT2D eigenvalue weighted by Crippen LogP contribution is -2.51. The quantitative estimate of drug-likeness (QED) is 0.783. The van der Waals surface area contributed by atoms with E-state index < -0.39 is 12.1 Å². The van der Waals surface area contributed by atoms with E-state index in [0.717, 1.165) is 44.4 Å². The number of carboxylic acid groups (broad SMARTS) is 1. The van der Waals surface area contributed by atoms with Gasteiger partial charge in [-0.3, -0.25) is 4.90 Å². The van der Waals surface area contributed by atoms with Crippen LogP contribution >= 0.6 is 11.5 Å². The fraction of sp³-hybridized carbons (Fsp3) is 0.533. The van der Waals surface area contributed by atoms with Crippen molar-refractivity contribution in [1.29, 1.82) is 0 Å². The summed E-state index contributed by atoms with van der Waals surface area (Å²) in [6.07, 6.45) is -1.28. The van der Waals surface area contributed by atoms with Crippen LogP contribution in [0.3, 0.4) is 0 Å². The van der Waals surface area contributed by atoms with Gasteiger partial charge in [-0.1, -0.05) is 4.49 Å². The molecule has 9 nitrogen and oxygen atoms in total. The Balaban J connectivity index is 0.000000279. The monoisotopic (exact) mass is 418 g/mol. The molecule has 0 unspecified atom stereocenters. The molecular weight excluding hydrogens is 401 g/mol. The Morgan fingerprint density at radius 3 is 2.64 bits per heavy atom. The maximum absolute atomic E-state index is 10.6. The first-order valence-corrected chi connectivity index (χ1v) is 9.12. The molecule has 1 N–H and O–H groups in total. The summed E-state index contributed by atoms with van der Waals surface area (Å²) in [4.78, 5) is 22.3. The van der Waals surface area contributed by atoms with Crippen LogP contribution < -0.4 is 4.90 Å². The molecule has 28 heavy (non-hydrogen) atoms. The van der Waals surface area contributed by atoms with E-state index in [1.165, 1.54) is 11.5 Å². The number of carboxylic acids is 1. The molecule has 0 radical (unpaired) electrons. The smallest absolute Gasteiger partial charge is 0.475 e. The molecule has 2 atom stereocenters. The highest BCUT2D eigenvalue weighted by atomic mass is 32.1. The molecule has 0 aliphatic carbocycles. The number of rotatable bonds is 3. The second-order valence-electron chi connectivity index (χ2n) is 6.11. The Hall–Kier alpha value is -2.38. The van der Waals surface area contributed by atoms with E-state index in [0.29, 0.717) is 6.04 Å². The number of nitrogens with zero attached hydrogens (tertiary/aromatic N) is 6. The number of alkyl halides is 3. The van der Waals surface area contributed by atoms with E-state index in [2.05, 4.69) is 29.4 Å². The number of hydrogen-bond donors (Lipinski definition) is 1. The Morgan fingerprint density at radius 2 is 2.04 bits per heavy atom. The maximum atomic E-state index is 10.6. The lowest BCUT2D eigenvalue weighted by Gasteiger charge is -2.36. The van der Waals surface area contributed by atoms with Crippen LogP contribution in [0.4, 0.5) is 19.1 Å². The van der Waals surface area contributed by atoms with E-state index >= 15 is 0 Å². The normalized spacial score (nSPS) is 22.3. The molecule has 2 aliphatic heterocycles. The van der Waals surface area contributed by atoms with E-state index in [1.54, 1.807) is 12.4 Å². The predicted molar refractivity (Wildman–Crippen MR) is 91.8 cm³/mol. The van der Waals surface area contributed by atoms with Crippen LogP contribution in [0.25, 0.3) is 0 Å². The van der Waals surface area contributed by atoms with Crippen molar-refractivity contribution in [2.24, 2.45) is 0 Å². The van der Waals surface area contributed by atoms with Crippen LogP contribution in [0, 0.1) is 0 Å². The summed E-state index contributed by atoms with van der Waals surface area (Å²) < 4.78 is 41.6. The predicted octanol–water partition coefficient (Wildman–Crippen LogP) is 1.05. The van der Waals surface area contributed by atoms with Crippen molar-refractivity contribution >= 4 is 23.5 Å². The number of fused-ring (bicyclic) bond motifs is 1. The number of morpholine rings is 1. The van der Waals surface area contributed by atoms with Gasteiger partial charge < -0.3 is 14.7 Å². The number of likely N-dealkylation sites (tertiary alicyclic amines) is 1. The van der Waals surface area contributed by atoms with Crippen molar-refractivity contribution in [2.45, 2.75) is 24.9 Å². The van der Waals surface area contributed by atoms with Crippen LogP contribution in [0.1, 0.15) is 5.69 Å². The molecule has 13 heteroatoms. The molecule has 2 aromatic heterocycles. The van der Waals surface area contributed by atoms with Crippen molar-refractivity contribution in [1.82, 2.24) is 24.5 Å². The lowest BCUT2D eigenvalue weighted by molar-refractivity contribution is -0.192. The molecule has 4 rings (SSSR count). The number of anilines is 1. The van der Waals surface area contributed by atoms with Gasteiger partial charge in [0.2, 0.25) is 5.95 Å². The number of aromatic nitrogens is 4.